The smallest absolute Gasteiger partial charge is 0.445 e. The number of carbonyl (C=O) groups is 1. The SMILES string of the molecule is CCCN1CCN(C(=O)OCc2cccc(OC(F)(F)F)c2)CC1. The Morgan fingerprint density at radius 3 is 2.54 bits per heavy atom. The molecule has 1 aromatic rings. The maximum Gasteiger partial charge on any atom is 0.573 e. The third kappa shape index (κ3) is 5.92. The van der Waals surface area contributed by atoms with E-state index in [1.165, 1.54) is 18.2 Å². The molecule has 0 aromatic heterocycles. The van der Waals surface area contributed by atoms with Gasteiger partial charge in [-0.1, -0.05) is 19.1 Å². The minimum atomic E-state index is -4.74. The molecule has 0 unspecified atom stereocenters. The Morgan fingerprint density at radius 1 is 1.21 bits per heavy atom. The number of nitrogens with zero attached hydrogens (tertiary/aromatic N) is 2. The summed E-state index contributed by atoms with van der Waals surface area (Å²) in [5.41, 5.74) is 0.440. The lowest BCUT2D eigenvalue weighted by atomic mass is 10.2. The van der Waals surface area contributed by atoms with E-state index in [0.29, 0.717) is 18.7 Å². The fraction of sp³-hybridized carbons (Fsp3) is 0.562. The van der Waals surface area contributed by atoms with E-state index in [0.717, 1.165) is 26.1 Å². The van der Waals surface area contributed by atoms with E-state index in [-0.39, 0.29) is 12.4 Å². The van der Waals surface area contributed by atoms with Crippen LogP contribution in [0.2, 0.25) is 0 Å². The van der Waals surface area contributed by atoms with E-state index in [1.54, 1.807) is 11.0 Å². The van der Waals surface area contributed by atoms with Crippen LogP contribution in [0, 0.1) is 0 Å². The van der Waals surface area contributed by atoms with Crippen molar-refractivity contribution < 1.29 is 27.4 Å². The average molecular weight is 346 g/mol. The monoisotopic (exact) mass is 346 g/mol. The zero-order valence-electron chi connectivity index (χ0n) is 13.5. The van der Waals surface area contributed by atoms with Crippen LogP contribution in [0.15, 0.2) is 24.3 Å². The van der Waals surface area contributed by atoms with Gasteiger partial charge in [0, 0.05) is 26.2 Å². The largest absolute Gasteiger partial charge is 0.573 e. The summed E-state index contributed by atoms with van der Waals surface area (Å²) in [6, 6.07) is 5.41. The third-order valence-electron chi connectivity index (χ3n) is 3.66. The third-order valence-corrected chi connectivity index (χ3v) is 3.66. The minimum absolute atomic E-state index is 0.0942. The number of ether oxygens (including phenoxy) is 2. The first-order valence-corrected chi connectivity index (χ1v) is 7.86. The molecule has 0 saturated carbocycles. The van der Waals surface area contributed by atoms with Gasteiger partial charge in [-0.3, -0.25) is 4.90 Å². The molecule has 1 aliphatic rings. The van der Waals surface area contributed by atoms with Gasteiger partial charge in [0.1, 0.15) is 12.4 Å². The number of rotatable bonds is 5. The van der Waals surface area contributed by atoms with Crippen LogP contribution in [0.4, 0.5) is 18.0 Å². The predicted octanol–water partition coefficient (Wildman–Crippen LogP) is 3.25. The van der Waals surface area contributed by atoms with Crippen LogP contribution in [-0.2, 0) is 11.3 Å². The molecule has 0 radical (unpaired) electrons. The number of benzene rings is 1. The van der Waals surface area contributed by atoms with Gasteiger partial charge < -0.3 is 14.4 Å². The first kappa shape index (κ1) is 18.4. The molecule has 1 fully saturated rings. The number of piperazine rings is 1. The molecule has 1 amide bonds. The maximum atomic E-state index is 12.2. The molecule has 1 aliphatic heterocycles. The molecule has 8 heteroatoms. The summed E-state index contributed by atoms with van der Waals surface area (Å²) in [6.07, 6.45) is -4.12. The van der Waals surface area contributed by atoms with Crippen molar-refractivity contribution in [2.24, 2.45) is 0 Å². The molecule has 24 heavy (non-hydrogen) atoms. The lowest BCUT2D eigenvalue weighted by Gasteiger charge is -2.33. The average Bonchev–Trinajstić information content (AvgIpc) is 2.52. The topological polar surface area (TPSA) is 42.0 Å². The van der Waals surface area contributed by atoms with Crippen molar-refractivity contribution in [3.8, 4) is 5.75 Å². The van der Waals surface area contributed by atoms with Crippen LogP contribution >= 0.6 is 0 Å². The molecule has 0 atom stereocenters. The van der Waals surface area contributed by atoms with Crippen molar-refractivity contribution in [1.82, 2.24) is 9.80 Å². The molecule has 5 nitrogen and oxygen atoms in total. The Hall–Kier alpha value is -1.96. The number of hydrogen-bond acceptors (Lipinski definition) is 4. The molecule has 1 heterocycles. The Bertz CT molecular complexity index is 544. The lowest BCUT2D eigenvalue weighted by molar-refractivity contribution is -0.274. The van der Waals surface area contributed by atoms with E-state index < -0.39 is 12.5 Å². The van der Waals surface area contributed by atoms with Gasteiger partial charge in [-0.2, -0.15) is 0 Å². The van der Waals surface area contributed by atoms with Crippen molar-refractivity contribution in [3.63, 3.8) is 0 Å². The summed E-state index contributed by atoms with van der Waals surface area (Å²) in [5.74, 6) is -0.329. The first-order chi connectivity index (χ1) is 11.4. The van der Waals surface area contributed by atoms with E-state index in [1.807, 2.05) is 0 Å². The first-order valence-electron chi connectivity index (χ1n) is 7.86. The van der Waals surface area contributed by atoms with Gasteiger partial charge in [-0.15, -0.1) is 13.2 Å². The van der Waals surface area contributed by atoms with Gasteiger partial charge in [0.05, 0.1) is 0 Å². The number of hydrogen-bond donors (Lipinski definition) is 0. The van der Waals surface area contributed by atoms with Gasteiger partial charge in [-0.25, -0.2) is 4.79 Å². The Balaban J connectivity index is 1.81. The van der Waals surface area contributed by atoms with Gasteiger partial charge in [0.25, 0.3) is 0 Å². The van der Waals surface area contributed by atoms with Crippen LogP contribution in [0.5, 0.6) is 5.75 Å². The van der Waals surface area contributed by atoms with E-state index in [4.69, 9.17) is 4.74 Å². The van der Waals surface area contributed by atoms with Crippen LogP contribution in [0.25, 0.3) is 0 Å². The highest BCUT2D eigenvalue weighted by Gasteiger charge is 2.31. The highest BCUT2D eigenvalue weighted by Crippen LogP contribution is 2.23. The molecule has 1 aromatic carbocycles. The normalized spacial score (nSPS) is 16.1. The molecule has 0 aliphatic carbocycles. The second kappa shape index (κ2) is 8.23. The van der Waals surface area contributed by atoms with Crippen LogP contribution in [0.3, 0.4) is 0 Å². The number of halogens is 3. The lowest BCUT2D eigenvalue weighted by Crippen LogP contribution is -2.48. The van der Waals surface area contributed by atoms with Crippen LogP contribution in [-0.4, -0.2) is 55.0 Å². The zero-order chi connectivity index (χ0) is 17.6. The molecule has 0 bridgehead atoms. The van der Waals surface area contributed by atoms with Crippen LogP contribution < -0.4 is 4.74 Å². The van der Waals surface area contributed by atoms with Crippen LogP contribution in [0.1, 0.15) is 18.9 Å². The van der Waals surface area contributed by atoms with Gasteiger partial charge in [0.15, 0.2) is 0 Å². The van der Waals surface area contributed by atoms with Crippen molar-refractivity contribution in [2.45, 2.75) is 26.3 Å². The fourth-order valence-electron chi connectivity index (χ4n) is 2.54. The van der Waals surface area contributed by atoms with Gasteiger partial charge in [0.2, 0.25) is 0 Å². The predicted molar refractivity (Wildman–Crippen MR) is 81.6 cm³/mol. The summed E-state index contributed by atoms with van der Waals surface area (Å²) < 4.78 is 45.6. The fourth-order valence-corrected chi connectivity index (χ4v) is 2.54. The van der Waals surface area contributed by atoms with Crippen molar-refractivity contribution >= 4 is 6.09 Å². The Kier molecular flexibility index (Phi) is 6.30. The van der Waals surface area contributed by atoms with Gasteiger partial charge >= 0.3 is 12.5 Å². The summed E-state index contributed by atoms with van der Waals surface area (Å²) in [6.45, 7) is 5.82. The zero-order valence-corrected chi connectivity index (χ0v) is 13.5. The van der Waals surface area contributed by atoms with Gasteiger partial charge in [-0.05, 0) is 30.7 Å². The standard InChI is InChI=1S/C16H21F3N2O3/c1-2-6-20-7-9-21(10-8-20)15(22)23-12-13-4-3-5-14(11-13)24-16(17,18)19/h3-5,11H,2,6-10,12H2,1H3. The molecular weight excluding hydrogens is 325 g/mol. The molecular formula is C16H21F3N2O3. The van der Waals surface area contributed by atoms with Crippen molar-refractivity contribution in [1.29, 1.82) is 0 Å². The highest BCUT2D eigenvalue weighted by atomic mass is 19.4. The molecule has 1 saturated heterocycles. The Morgan fingerprint density at radius 2 is 1.92 bits per heavy atom. The summed E-state index contributed by atoms with van der Waals surface area (Å²) in [7, 11) is 0. The maximum absolute atomic E-state index is 12.2. The van der Waals surface area contributed by atoms with E-state index >= 15 is 0 Å². The van der Waals surface area contributed by atoms with Crippen molar-refractivity contribution in [3.05, 3.63) is 29.8 Å². The molecule has 134 valence electrons. The second-order valence-electron chi connectivity index (χ2n) is 5.58. The number of amides is 1. The Labute approximate surface area is 138 Å². The second-order valence-corrected chi connectivity index (χ2v) is 5.58. The quantitative estimate of drug-likeness (QED) is 0.821. The van der Waals surface area contributed by atoms with Crippen molar-refractivity contribution in [2.75, 3.05) is 32.7 Å². The highest BCUT2D eigenvalue weighted by molar-refractivity contribution is 5.67. The minimum Gasteiger partial charge on any atom is -0.445 e. The molecule has 0 N–H and O–H groups in total. The summed E-state index contributed by atoms with van der Waals surface area (Å²) >= 11 is 0. The number of alkyl halides is 3. The molecule has 0 spiro atoms. The van der Waals surface area contributed by atoms with E-state index in [2.05, 4.69) is 16.6 Å². The molecule has 2 rings (SSSR count). The summed E-state index contributed by atoms with van der Waals surface area (Å²) in [4.78, 5) is 15.9. The number of carbonyl (C=O) groups excluding carboxylic acids is 1. The van der Waals surface area contributed by atoms with E-state index in [9.17, 15) is 18.0 Å². The summed E-state index contributed by atoms with van der Waals surface area (Å²) in [5, 5.41) is 0.